The molecule has 4 heteroatoms. The standard InChI is InChI=1S/C24H30N2O2/c1-3-22(21-15-14-19-12-8-9-13-20(19)16-21)25-23(27)24(28)26(4-2)17-18-10-6-5-7-11-18/h5-7,10-11,14-16,22H,3-4,8-9,12-13,17H2,1-2H3,(H,25,27). The van der Waals surface area contributed by atoms with Gasteiger partial charge in [0.25, 0.3) is 0 Å². The number of aryl methyl sites for hydroxylation is 2. The summed E-state index contributed by atoms with van der Waals surface area (Å²) in [5.74, 6) is -0.995. The van der Waals surface area contributed by atoms with Gasteiger partial charge in [-0.3, -0.25) is 9.59 Å². The molecular weight excluding hydrogens is 348 g/mol. The van der Waals surface area contributed by atoms with Crippen molar-refractivity contribution in [1.82, 2.24) is 10.2 Å². The lowest BCUT2D eigenvalue weighted by molar-refractivity contribution is -0.146. The number of hydrogen-bond donors (Lipinski definition) is 1. The Hall–Kier alpha value is -2.62. The van der Waals surface area contributed by atoms with Crippen LogP contribution in [-0.2, 0) is 29.0 Å². The molecule has 0 heterocycles. The highest BCUT2D eigenvalue weighted by molar-refractivity contribution is 6.35. The molecule has 0 saturated carbocycles. The molecule has 0 aliphatic heterocycles. The van der Waals surface area contributed by atoms with E-state index in [9.17, 15) is 9.59 Å². The van der Waals surface area contributed by atoms with Crippen molar-refractivity contribution >= 4 is 11.8 Å². The van der Waals surface area contributed by atoms with Crippen LogP contribution in [0, 0.1) is 0 Å². The van der Waals surface area contributed by atoms with E-state index < -0.39 is 11.8 Å². The van der Waals surface area contributed by atoms with E-state index in [4.69, 9.17) is 0 Å². The smallest absolute Gasteiger partial charge is 0.312 e. The molecule has 1 atom stereocenters. The molecule has 0 fully saturated rings. The van der Waals surface area contributed by atoms with Crippen LogP contribution >= 0.6 is 0 Å². The molecule has 1 N–H and O–H groups in total. The summed E-state index contributed by atoms with van der Waals surface area (Å²) in [6.07, 6.45) is 5.48. The van der Waals surface area contributed by atoms with Gasteiger partial charge in [-0.2, -0.15) is 0 Å². The van der Waals surface area contributed by atoms with Crippen LogP contribution in [0.15, 0.2) is 48.5 Å². The van der Waals surface area contributed by atoms with E-state index in [0.29, 0.717) is 13.1 Å². The molecule has 4 nitrogen and oxygen atoms in total. The predicted octanol–water partition coefficient (Wildman–Crippen LogP) is 4.18. The Morgan fingerprint density at radius 1 is 1.00 bits per heavy atom. The Bertz CT molecular complexity index is 817. The first kappa shape index (κ1) is 20.1. The average molecular weight is 379 g/mol. The first-order valence-corrected chi connectivity index (χ1v) is 10.4. The van der Waals surface area contributed by atoms with Gasteiger partial charge in [-0.25, -0.2) is 0 Å². The van der Waals surface area contributed by atoms with Crippen LogP contribution in [0.3, 0.4) is 0 Å². The summed E-state index contributed by atoms with van der Waals surface area (Å²) >= 11 is 0. The number of hydrogen-bond acceptors (Lipinski definition) is 2. The maximum atomic E-state index is 12.7. The lowest BCUT2D eigenvalue weighted by Crippen LogP contribution is -2.43. The van der Waals surface area contributed by atoms with Crippen molar-refractivity contribution in [1.29, 1.82) is 0 Å². The van der Waals surface area contributed by atoms with E-state index in [1.165, 1.54) is 24.0 Å². The number of rotatable bonds is 6. The van der Waals surface area contributed by atoms with Crippen LogP contribution in [-0.4, -0.2) is 23.3 Å². The minimum absolute atomic E-state index is 0.140. The topological polar surface area (TPSA) is 49.4 Å². The second-order valence-electron chi connectivity index (χ2n) is 7.47. The maximum absolute atomic E-state index is 12.7. The summed E-state index contributed by atoms with van der Waals surface area (Å²) in [6.45, 7) is 4.88. The fourth-order valence-corrected chi connectivity index (χ4v) is 3.89. The minimum atomic E-state index is -0.526. The third-order valence-corrected chi connectivity index (χ3v) is 5.57. The van der Waals surface area contributed by atoms with Gasteiger partial charge in [0, 0.05) is 13.1 Å². The number of carbonyl (C=O) groups is 2. The zero-order chi connectivity index (χ0) is 19.9. The van der Waals surface area contributed by atoms with Crippen LogP contribution in [0.2, 0.25) is 0 Å². The number of nitrogens with zero attached hydrogens (tertiary/aromatic N) is 1. The molecule has 0 bridgehead atoms. The lowest BCUT2D eigenvalue weighted by atomic mass is 9.89. The fourth-order valence-electron chi connectivity index (χ4n) is 3.89. The van der Waals surface area contributed by atoms with Gasteiger partial charge >= 0.3 is 11.8 Å². The molecule has 1 aliphatic rings. The Morgan fingerprint density at radius 2 is 1.71 bits per heavy atom. The van der Waals surface area contributed by atoms with Crippen molar-refractivity contribution < 1.29 is 9.59 Å². The van der Waals surface area contributed by atoms with Crippen LogP contribution in [0.5, 0.6) is 0 Å². The van der Waals surface area contributed by atoms with E-state index in [1.807, 2.05) is 44.2 Å². The molecule has 2 aromatic rings. The zero-order valence-corrected chi connectivity index (χ0v) is 16.9. The predicted molar refractivity (Wildman–Crippen MR) is 112 cm³/mol. The number of likely N-dealkylation sites (N-methyl/N-ethyl adjacent to an activating group) is 1. The third-order valence-electron chi connectivity index (χ3n) is 5.57. The Balaban J connectivity index is 1.68. The van der Waals surface area contributed by atoms with Crippen molar-refractivity contribution in [3.05, 3.63) is 70.8 Å². The quantitative estimate of drug-likeness (QED) is 0.767. The van der Waals surface area contributed by atoms with Crippen molar-refractivity contribution in [3.8, 4) is 0 Å². The number of fused-ring (bicyclic) bond motifs is 1. The van der Waals surface area contributed by atoms with Crippen LogP contribution in [0.25, 0.3) is 0 Å². The van der Waals surface area contributed by atoms with Crippen molar-refractivity contribution in [2.24, 2.45) is 0 Å². The summed E-state index contributed by atoms with van der Waals surface area (Å²) in [7, 11) is 0. The second kappa shape index (κ2) is 9.54. The Labute approximate surface area is 167 Å². The molecule has 2 amide bonds. The number of amides is 2. The Morgan fingerprint density at radius 3 is 2.39 bits per heavy atom. The first-order chi connectivity index (χ1) is 13.6. The van der Waals surface area contributed by atoms with E-state index in [1.54, 1.807) is 4.90 Å². The largest absolute Gasteiger partial charge is 0.341 e. The normalized spacial score (nSPS) is 14.1. The van der Waals surface area contributed by atoms with Gasteiger partial charge in [-0.05, 0) is 61.3 Å². The van der Waals surface area contributed by atoms with Gasteiger partial charge in [0.1, 0.15) is 0 Å². The summed E-state index contributed by atoms with van der Waals surface area (Å²) in [4.78, 5) is 27.0. The summed E-state index contributed by atoms with van der Waals surface area (Å²) in [5, 5.41) is 2.96. The SMILES string of the molecule is CCC(NC(=O)C(=O)N(CC)Cc1ccccc1)c1ccc2c(c1)CCCC2. The maximum Gasteiger partial charge on any atom is 0.312 e. The Kier molecular flexibility index (Phi) is 6.85. The molecule has 1 aliphatic carbocycles. The number of nitrogens with one attached hydrogen (secondary N) is 1. The van der Waals surface area contributed by atoms with Crippen molar-refractivity contribution in [3.63, 3.8) is 0 Å². The molecule has 0 spiro atoms. The van der Waals surface area contributed by atoms with Gasteiger partial charge in [0.15, 0.2) is 0 Å². The van der Waals surface area contributed by atoms with E-state index in [0.717, 1.165) is 30.4 Å². The molecule has 1 unspecified atom stereocenters. The van der Waals surface area contributed by atoms with Gasteiger partial charge in [0.05, 0.1) is 6.04 Å². The van der Waals surface area contributed by atoms with Crippen LogP contribution < -0.4 is 5.32 Å². The van der Waals surface area contributed by atoms with Crippen molar-refractivity contribution in [2.75, 3.05) is 6.54 Å². The van der Waals surface area contributed by atoms with E-state index in [2.05, 4.69) is 23.5 Å². The fraction of sp³-hybridized carbons (Fsp3) is 0.417. The molecule has 0 saturated heterocycles. The minimum Gasteiger partial charge on any atom is -0.341 e. The molecule has 2 aromatic carbocycles. The lowest BCUT2D eigenvalue weighted by Gasteiger charge is -2.24. The molecule has 3 rings (SSSR count). The monoisotopic (exact) mass is 378 g/mol. The molecule has 28 heavy (non-hydrogen) atoms. The second-order valence-corrected chi connectivity index (χ2v) is 7.47. The van der Waals surface area contributed by atoms with Gasteiger partial charge in [-0.1, -0.05) is 55.5 Å². The highest BCUT2D eigenvalue weighted by Gasteiger charge is 2.24. The molecule has 148 valence electrons. The van der Waals surface area contributed by atoms with Gasteiger partial charge in [0.2, 0.25) is 0 Å². The summed E-state index contributed by atoms with van der Waals surface area (Å²) in [5.41, 5.74) is 4.93. The van der Waals surface area contributed by atoms with Crippen LogP contribution in [0.1, 0.15) is 61.4 Å². The number of benzene rings is 2. The molecular formula is C24H30N2O2. The van der Waals surface area contributed by atoms with Gasteiger partial charge < -0.3 is 10.2 Å². The molecule has 0 aromatic heterocycles. The van der Waals surface area contributed by atoms with Crippen LogP contribution in [0.4, 0.5) is 0 Å². The van der Waals surface area contributed by atoms with Gasteiger partial charge in [-0.15, -0.1) is 0 Å². The molecule has 0 radical (unpaired) electrons. The van der Waals surface area contributed by atoms with Crippen molar-refractivity contribution in [2.45, 2.75) is 58.5 Å². The summed E-state index contributed by atoms with van der Waals surface area (Å²) in [6, 6.07) is 16.1. The zero-order valence-electron chi connectivity index (χ0n) is 16.9. The highest BCUT2D eigenvalue weighted by Crippen LogP contribution is 2.26. The average Bonchev–Trinajstić information content (AvgIpc) is 2.75. The highest BCUT2D eigenvalue weighted by atomic mass is 16.2. The van der Waals surface area contributed by atoms with E-state index >= 15 is 0 Å². The third kappa shape index (κ3) is 4.80. The summed E-state index contributed by atoms with van der Waals surface area (Å²) < 4.78 is 0. The first-order valence-electron chi connectivity index (χ1n) is 10.4. The number of carbonyl (C=O) groups excluding carboxylic acids is 2. The van der Waals surface area contributed by atoms with E-state index in [-0.39, 0.29) is 6.04 Å².